The summed E-state index contributed by atoms with van der Waals surface area (Å²) in [6.07, 6.45) is 4.57. The third-order valence-electron chi connectivity index (χ3n) is 7.43. The van der Waals surface area contributed by atoms with Crippen molar-refractivity contribution in [3.63, 3.8) is 0 Å². The van der Waals surface area contributed by atoms with Gasteiger partial charge in [-0.1, -0.05) is 0 Å². The summed E-state index contributed by atoms with van der Waals surface area (Å²) in [7, 11) is 0. The molecule has 28 heavy (non-hydrogen) atoms. The molecule has 4 saturated heterocycles. The van der Waals surface area contributed by atoms with Gasteiger partial charge in [-0.2, -0.15) is 0 Å². The van der Waals surface area contributed by atoms with E-state index < -0.39 is 12.1 Å². The van der Waals surface area contributed by atoms with Crippen molar-refractivity contribution in [2.24, 2.45) is 23.5 Å². The highest BCUT2D eigenvalue weighted by atomic mass is 16.5. The normalized spacial score (nSPS) is 38.2. The van der Waals surface area contributed by atoms with Crippen LogP contribution < -0.4 is 5.73 Å². The topological polar surface area (TPSA) is 96.2 Å². The molecule has 1 saturated carbocycles. The maximum absolute atomic E-state index is 13.1. The van der Waals surface area contributed by atoms with Gasteiger partial charge in [-0.3, -0.25) is 14.4 Å². The highest BCUT2D eigenvalue weighted by Gasteiger charge is 2.52. The predicted octanol–water partition coefficient (Wildman–Crippen LogP) is -0.580. The number of fused-ring (bicyclic) bond motifs is 2. The lowest BCUT2D eigenvalue weighted by Crippen LogP contribution is -2.62. The quantitative estimate of drug-likeness (QED) is 0.681. The Morgan fingerprint density at radius 2 is 1.64 bits per heavy atom. The van der Waals surface area contributed by atoms with E-state index in [2.05, 4.69) is 0 Å². The van der Waals surface area contributed by atoms with Crippen LogP contribution in [0, 0.1) is 17.8 Å². The number of likely N-dealkylation sites (tertiary alicyclic amines) is 1. The standard InChI is InChI=1S/C20H30N4O4/c21-16-9-13-7-12(13)8-15-1-2-17(24(15)19(16)26)20(27)23-10-14(11-23)18(25)22-3-5-28-6-4-22/h12-17H,1-11,21H2/t12-,13+,15-,16+,17+/m1/s1. The Kier molecular flexibility index (Phi) is 4.58. The van der Waals surface area contributed by atoms with E-state index in [-0.39, 0.29) is 29.7 Å². The molecule has 4 aliphatic heterocycles. The number of hydrogen-bond donors (Lipinski definition) is 1. The molecular formula is C20H30N4O4. The van der Waals surface area contributed by atoms with Gasteiger partial charge >= 0.3 is 0 Å². The van der Waals surface area contributed by atoms with E-state index in [0.29, 0.717) is 51.2 Å². The van der Waals surface area contributed by atoms with E-state index in [1.165, 1.54) is 6.42 Å². The molecule has 0 aromatic heterocycles. The third kappa shape index (κ3) is 3.10. The number of nitrogens with zero attached hydrogens (tertiary/aromatic N) is 3. The average molecular weight is 390 g/mol. The second-order valence-corrected chi connectivity index (χ2v) is 9.20. The van der Waals surface area contributed by atoms with Crippen LogP contribution in [0.3, 0.4) is 0 Å². The fourth-order valence-corrected chi connectivity index (χ4v) is 5.61. The molecule has 0 aromatic carbocycles. The fraction of sp³-hybridized carbons (Fsp3) is 0.850. The first-order valence-corrected chi connectivity index (χ1v) is 10.8. The summed E-state index contributed by atoms with van der Waals surface area (Å²) in [4.78, 5) is 44.0. The number of rotatable bonds is 2. The number of hydrogen-bond acceptors (Lipinski definition) is 5. The Morgan fingerprint density at radius 3 is 2.39 bits per heavy atom. The fourth-order valence-electron chi connectivity index (χ4n) is 5.61. The minimum atomic E-state index is -0.474. The first kappa shape index (κ1) is 18.4. The Labute approximate surface area is 165 Å². The van der Waals surface area contributed by atoms with Gasteiger partial charge in [0.2, 0.25) is 17.7 Å². The van der Waals surface area contributed by atoms with Crippen LogP contribution in [0.4, 0.5) is 0 Å². The first-order chi connectivity index (χ1) is 13.5. The van der Waals surface area contributed by atoms with E-state index in [4.69, 9.17) is 10.5 Å². The average Bonchev–Trinajstić information content (AvgIpc) is 3.23. The maximum Gasteiger partial charge on any atom is 0.245 e. The van der Waals surface area contributed by atoms with Crippen LogP contribution in [-0.2, 0) is 19.1 Å². The zero-order valence-corrected chi connectivity index (χ0v) is 16.3. The molecule has 5 aliphatic rings. The second-order valence-electron chi connectivity index (χ2n) is 9.20. The molecule has 8 heteroatoms. The van der Waals surface area contributed by atoms with Crippen molar-refractivity contribution in [1.82, 2.24) is 14.7 Å². The molecule has 0 aromatic rings. The van der Waals surface area contributed by atoms with Crippen LogP contribution in [0.15, 0.2) is 0 Å². The van der Waals surface area contributed by atoms with Crippen molar-refractivity contribution < 1.29 is 19.1 Å². The van der Waals surface area contributed by atoms with Gasteiger partial charge in [0, 0.05) is 32.2 Å². The van der Waals surface area contributed by atoms with Crippen LogP contribution in [0.5, 0.6) is 0 Å². The van der Waals surface area contributed by atoms with Crippen LogP contribution in [0.25, 0.3) is 0 Å². The van der Waals surface area contributed by atoms with Crippen molar-refractivity contribution in [3.05, 3.63) is 0 Å². The summed E-state index contributed by atoms with van der Waals surface area (Å²) in [5.41, 5.74) is 6.17. The van der Waals surface area contributed by atoms with Gasteiger partial charge in [0.05, 0.1) is 25.2 Å². The van der Waals surface area contributed by atoms with Gasteiger partial charge in [-0.15, -0.1) is 0 Å². The van der Waals surface area contributed by atoms with E-state index in [9.17, 15) is 14.4 Å². The zero-order chi connectivity index (χ0) is 19.4. The summed E-state index contributed by atoms with van der Waals surface area (Å²) < 4.78 is 5.30. The molecule has 0 bridgehead atoms. The van der Waals surface area contributed by atoms with Gasteiger partial charge in [0.15, 0.2) is 0 Å². The number of nitrogens with two attached hydrogens (primary N) is 1. The minimum Gasteiger partial charge on any atom is -0.378 e. The summed E-state index contributed by atoms with van der Waals surface area (Å²) in [5.74, 6) is 1.26. The molecule has 5 atom stereocenters. The van der Waals surface area contributed by atoms with Crippen molar-refractivity contribution in [3.8, 4) is 0 Å². The molecule has 5 fully saturated rings. The SMILES string of the molecule is N[C@H]1C[C@@H]2C[C@@H]2C[C@H]2CC[C@@H](C(=O)N3CC(C(=O)N4CCOCC4)C3)N2C1=O. The number of amides is 3. The minimum absolute atomic E-state index is 0.00185. The van der Waals surface area contributed by atoms with E-state index in [1.54, 1.807) is 4.90 Å². The Bertz CT molecular complexity index is 673. The maximum atomic E-state index is 13.1. The third-order valence-corrected chi connectivity index (χ3v) is 7.43. The summed E-state index contributed by atoms with van der Waals surface area (Å²) in [6, 6.07) is -0.702. The second kappa shape index (κ2) is 6.99. The summed E-state index contributed by atoms with van der Waals surface area (Å²) in [5, 5.41) is 0. The molecule has 0 unspecified atom stereocenters. The highest BCUT2D eigenvalue weighted by molar-refractivity contribution is 5.92. The van der Waals surface area contributed by atoms with Crippen molar-refractivity contribution in [1.29, 1.82) is 0 Å². The highest BCUT2D eigenvalue weighted by Crippen LogP contribution is 2.49. The van der Waals surface area contributed by atoms with Crippen molar-refractivity contribution in [2.45, 2.75) is 50.2 Å². The molecule has 8 nitrogen and oxygen atoms in total. The zero-order valence-electron chi connectivity index (χ0n) is 16.3. The largest absolute Gasteiger partial charge is 0.378 e. The molecule has 0 radical (unpaired) electrons. The first-order valence-electron chi connectivity index (χ1n) is 10.8. The van der Waals surface area contributed by atoms with Gasteiger partial charge in [-0.05, 0) is 43.9 Å². The number of carbonyl (C=O) groups excluding carboxylic acids is 3. The number of carbonyl (C=O) groups is 3. The van der Waals surface area contributed by atoms with E-state index in [0.717, 1.165) is 25.7 Å². The predicted molar refractivity (Wildman–Crippen MR) is 99.9 cm³/mol. The molecule has 2 N–H and O–H groups in total. The van der Waals surface area contributed by atoms with Gasteiger partial charge < -0.3 is 25.2 Å². The Balaban J connectivity index is 1.21. The Hall–Kier alpha value is -1.67. The van der Waals surface area contributed by atoms with Crippen LogP contribution in [0.2, 0.25) is 0 Å². The molecule has 0 spiro atoms. The lowest BCUT2D eigenvalue weighted by Gasteiger charge is -2.44. The molecular weight excluding hydrogens is 360 g/mol. The van der Waals surface area contributed by atoms with Gasteiger partial charge in [0.25, 0.3) is 0 Å². The van der Waals surface area contributed by atoms with Crippen LogP contribution in [0.1, 0.15) is 32.1 Å². The lowest BCUT2D eigenvalue weighted by molar-refractivity contribution is -0.156. The van der Waals surface area contributed by atoms with Crippen molar-refractivity contribution in [2.75, 3.05) is 39.4 Å². The number of morpholine rings is 1. The van der Waals surface area contributed by atoms with Crippen molar-refractivity contribution >= 4 is 17.7 Å². The summed E-state index contributed by atoms with van der Waals surface area (Å²) in [6.45, 7) is 3.38. The van der Waals surface area contributed by atoms with Crippen LogP contribution >= 0.6 is 0 Å². The molecule has 154 valence electrons. The smallest absolute Gasteiger partial charge is 0.245 e. The molecule has 1 aliphatic carbocycles. The van der Waals surface area contributed by atoms with Crippen LogP contribution in [-0.4, -0.2) is 89.9 Å². The van der Waals surface area contributed by atoms with Gasteiger partial charge in [-0.25, -0.2) is 0 Å². The van der Waals surface area contributed by atoms with E-state index >= 15 is 0 Å². The lowest BCUT2D eigenvalue weighted by atomic mass is 9.96. The molecule has 5 rings (SSSR count). The molecule has 4 heterocycles. The monoisotopic (exact) mass is 390 g/mol. The summed E-state index contributed by atoms with van der Waals surface area (Å²) >= 11 is 0. The Morgan fingerprint density at radius 1 is 0.929 bits per heavy atom. The van der Waals surface area contributed by atoms with E-state index in [1.807, 2.05) is 9.80 Å². The van der Waals surface area contributed by atoms with Gasteiger partial charge in [0.1, 0.15) is 6.04 Å². The number of ether oxygens (including phenoxy) is 1. The molecule has 3 amide bonds.